The van der Waals surface area contributed by atoms with Gasteiger partial charge in [-0.25, -0.2) is 0 Å². The minimum absolute atomic E-state index is 0.453. The second-order valence-corrected chi connectivity index (χ2v) is 4.25. The van der Waals surface area contributed by atoms with Crippen LogP contribution in [0.25, 0.3) is 11.3 Å². The van der Waals surface area contributed by atoms with Gasteiger partial charge < -0.3 is 4.74 Å². The second kappa shape index (κ2) is 4.67. The van der Waals surface area contributed by atoms with Crippen LogP contribution < -0.4 is 0 Å². The lowest BCUT2D eigenvalue weighted by atomic mass is 10.1. The highest BCUT2D eigenvalue weighted by Gasteiger charge is 2.19. The number of aromatic nitrogens is 3. The molecule has 3 rings (SSSR count). The Bertz CT molecular complexity index is 474. The Balaban J connectivity index is 1.93. The maximum atomic E-state index is 5.39. The molecule has 1 fully saturated rings. The van der Waals surface area contributed by atoms with Gasteiger partial charge in [-0.3, -0.25) is 9.67 Å². The van der Waals surface area contributed by atoms with Crippen LogP contribution in [0.2, 0.25) is 0 Å². The van der Waals surface area contributed by atoms with E-state index in [4.69, 9.17) is 4.74 Å². The molecule has 1 aliphatic heterocycles. The Kier molecular flexibility index (Phi) is 2.88. The summed E-state index contributed by atoms with van der Waals surface area (Å²) in [7, 11) is 0. The highest BCUT2D eigenvalue weighted by Crippen LogP contribution is 2.26. The Labute approximate surface area is 100 Å². The van der Waals surface area contributed by atoms with Crippen LogP contribution in [0.1, 0.15) is 18.9 Å². The van der Waals surface area contributed by atoms with Crippen LogP contribution in [0.5, 0.6) is 0 Å². The van der Waals surface area contributed by atoms with E-state index in [1.165, 1.54) is 0 Å². The zero-order valence-corrected chi connectivity index (χ0v) is 9.62. The first-order chi connectivity index (χ1) is 8.45. The highest BCUT2D eigenvalue weighted by molar-refractivity contribution is 5.57. The van der Waals surface area contributed by atoms with Crippen molar-refractivity contribution in [1.29, 1.82) is 0 Å². The first-order valence-electron chi connectivity index (χ1n) is 5.97. The molecule has 1 saturated heterocycles. The molecule has 0 unspecified atom stereocenters. The van der Waals surface area contributed by atoms with Crippen molar-refractivity contribution in [2.45, 2.75) is 18.9 Å². The average molecular weight is 229 g/mol. The van der Waals surface area contributed by atoms with E-state index in [2.05, 4.69) is 20.8 Å². The molecule has 88 valence electrons. The molecule has 0 bridgehead atoms. The molecular weight excluding hydrogens is 214 g/mol. The van der Waals surface area contributed by atoms with Crippen LogP contribution >= 0.6 is 0 Å². The fraction of sp³-hybridized carbons (Fsp3) is 0.385. The van der Waals surface area contributed by atoms with Gasteiger partial charge in [-0.2, -0.15) is 5.10 Å². The standard InChI is InChI=1S/C13H15N3O/c1-2-11(10-14-6-1)13-3-7-15-16(13)12-4-8-17-9-5-12/h1-3,6-7,10,12H,4-5,8-9H2. The van der Waals surface area contributed by atoms with Crippen LogP contribution in [0.15, 0.2) is 36.8 Å². The Morgan fingerprint density at radius 1 is 1.18 bits per heavy atom. The summed E-state index contributed by atoms with van der Waals surface area (Å²) in [6.45, 7) is 1.66. The summed E-state index contributed by atoms with van der Waals surface area (Å²) >= 11 is 0. The molecule has 0 atom stereocenters. The molecule has 17 heavy (non-hydrogen) atoms. The molecule has 3 heterocycles. The number of hydrogen-bond donors (Lipinski definition) is 0. The van der Waals surface area contributed by atoms with E-state index in [9.17, 15) is 0 Å². The maximum absolute atomic E-state index is 5.39. The third-order valence-corrected chi connectivity index (χ3v) is 3.16. The number of ether oxygens (including phenoxy) is 1. The lowest BCUT2D eigenvalue weighted by Crippen LogP contribution is -2.21. The molecular formula is C13H15N3O. The van der Waals surface area contributed by atoms with Gasteiger partial charge in [-0.1, -0.05) is 0 Å². The molecule has 0 amide bonds. The van der Waals surface area contributed by atoms with Gasteiger partial charge in [-0.15, -0.1) is 0 Å². The van der Waals surface area contributed by atoms with Crippen molar-refractivity contribution in [2.24, 2.45) is 0 Å². The third-order valence-electron chi connectivity index (χ3n) is 3.16. The quantitative estimate of drug-likeness (QED) is 0.793. The SMILES string of the molecule is c1cncc(-c2ccnn2C2CCOCC2)c1. The normalized spacial score (nSPS) is 17.2. The van der Waals surface area contributed by atoms with Crippen LogP contribution in [-0.2, 0) is 4.74 Å². The Morgan fingerprint density at radius 2 is 2.06 bits per heavy atom. The van der Waals surface area contributed by atoms with Gasteiger partial charge >= 0.3 is 0 Å². The lowest BCUT2D eigenvalue weighted by Gasteiger charge is -2.24. The number of hydrogen-bond acceptors (Lipinski definition) is 3. The Hall–Kier alpha value is -1.68. The molecule has 2 aromatic heterocycles. The molecule has 1 aliphatic rings. The van der Waals surface area contributed by atoms with E-state index in [1.807, 2.05) is 24.5 Å². The van der Waals surface area contributed by atoms with E-state index in [-0.39, 0.29) is 0 Å². The van der Waals surface area contributed by atoms with E-state index in [1.54, 1.807) is 6.20 Å². The predicted octanol–water partition coefficient (Wildman–Crippen LogP) is 2.30. The fourth-order valence-corrected chi connectivity index (χ4v) is 2.28. The zero-order valence-electron chi connectivity index (χ0n) is 9.62. The monoisotopic (exact) mass is 229 g/mol. The molecule has 2 aromatic rings. The average Bonchev–Trinajstić information content (AvgIpc) is 2.90. The van der Waals surface area contributed by atoms with E-state index < -0.39 is 0 Å². The first kappa shape index (κ1) is 10.5. The lowest BCUT2D eigenvalue weighted by molar-refractivity contribution is 0.0667. The van der Waals surface area contributed by atoms with Gasteiger partial charge in [0.1, 0.15) is 0 Å². The molecule has 0 saturated carbocycles. The molecule has 0 aliphatic carbocycles. The van der Waals surface area contributed by atoms with Gasteiger partial charge in [0.25, 0.3) is 0 Å². The van der Waals surface area contributed by atoms with Crippen molar-refractivity contribution in [3.05, 3.63) is 36.8 Å². The smallest absolute Gasteiger partial charge is 0.0701 e. The zero-order chi connectivity index (χ0) is 11.5. The number of nitrogens with zero attached hydrogens (tertiary/aromatic N) is 3. The fourth-order valence-electron chi connectivity index (χ4n) is 2.28. The Morgan fingerprint density at radius 3 is 2.82 bits per heavy atom. The summed E-state index contributed by atoms with van der Waals surface area (Å²) in [6.07, 6.45) is 7.60. The molecule has 4 heteroatoms. The van der Waals surface area contributed by atoms with Crippen molar-refractivity contribution in [1.82, 2.24) is 14.8 Å². The summed E-state index contributed by atoms with van der Waals surface area (Å²) in [4.78, 5) is 4.16. The topological polar surface area (TPSA) is 39.9 Å². The minimum Gasteiger partial charge on any atom is -0.381 e. The van der Waals surface area contributed by atoms with Crippen LogP contribution in [0, 0.1) is 0 Å². The van der Waals surface area contributed by atoms with Gasteiger partial charge in [0.05, 0.1) is 11.7 Å². The summed E-state index contributed by atoms with van der Waals surface area (Å²) in [6, 6.07) is 6.53. The van der Waals surface area contributed by atoms with E-state index in [0.717, 1.165) is 37.3 Å². The van der Waals surface area contributed by atoms with Gasteiger partial charge in [0.2, 0.25) is 0 Å². The molecule has 0 aromatic carbocycles. The van der Waals surface area contributed by atoms with E-state index >= 15 is 0 Å². The minimum atomic E-state index is 0.453. The number of rotatable bonds is 2. The molecule has 0 radical (unpaired) electrons. The van der Waals surface area contributed by atoms with Crippen molar-refractivity contribution >= 4 is 0 Å². The van der Waals surface area contributed by atoms with Crippen molar-refractivity contribution in [2.75, 3.05) is 13.2 Å². The predicted molar refractivity (Wildman–Crippen MR) is 64.5 cm³/mol. The summed E-state index contributed by atoms with van der Waals surface area (Å²) in [5.74, 6) is 0. The first-order valence-corrected chi connectivity index (χ1v) is 5.97. The van der Waals surface area contributed by atoms with E-state index in [0.29, 0.717) is 6.04 Å². The number of pyridine rings is 1. The summed E-state index contributed by atoms with van der Waals surface area (Å²) in [5.41, 5.74) is 2.27. The van der Waals surface area contributed by atoms with Gasteiger partial charge in [0.15, 0.2) is 0 Å². The van der Waals surface area contributed by atoms with Crippen LogP contribution in [-0.4, -0.2) is 28.0 Å². The summed E-state index contributed by atoms with van der Waals surface area (Å²) < 4.78 is 7.50. The van der Waals surface area contributed by atoms with Gasteiger partial charge in [-0.05, 0) is 31.0 Å². The molecule has 4 nitrogen and oxygen atoms in total. The maximum Gasteiger partial charge on any atom is 0.0701 e. The third kappa shape index (κ3) is 2.08. The largest absolute Gasteiger partial charge is 0.381 e. The summed E-state index contributed by atoms with van der Waals surface area (Å²) in [5, 5.41) is 4.45. The van der Waals surface area contributed by atoms with Crippen molar-refractivity contribution in [3.63, 3.8) is 0 Å². The van der Waals surface area contributed by atoms with Crippen molar-refractivity contribution in [3.8, 4) is 11.3 Å². The van der Waals surface area contributed by atoms with Crippen LogP contribution in [0.3, 0.4) is 0 Å². The molecule has 0 N–H and O–H groups in total. The van der Waals surface area contributed by atoms with Crippen molar-refractivity contribution < 1.29 is 4.74 Å². The molecule has 0 spiro atoms. The van der Waals surface area contributed by atoms with Crippen LogP contribution in [0.4, 0.5) is 0 Å². The second-order valence-electron chi connectivity index (χ2n) is 4.25. The van der Waals surface area contributed by atoms with Gasteiger partial charge in [0, 0.05) is 37.4 Å². The highest BCUT2D eigenvalue weighted by atomic mass is 16.5.